The molecule has 1 aromatic carbocycles. The fourth-order valence-electron chi connectivity index (χ4n) is 2.86. The van der Waals surface area contributed by atoms with Crippen LogP contribution in [-0.4, -0.2) is 56.8 Å². The molecule has 0 saturated carbocycles. The minimum absolute atomic E-state index is 0.0400. The van der Waals surface area contributed by atoms with E-state index < -0.39 is 9.84 Å². The van der Waals surface area contributed by atoms with Gasteiger partial charge in [-0.2, -0.15) is 0 Å². The molecular formula is C19H23N3O4S. The van der Waals surface area contributed by atoms with E-state index >= 15 is 0 Å². The first-order valence-electron chi connectivity index (χ1n) is 8.74. The fraction of sp³-hybridized carbons (Fsp3) is 0.368. The van der Waals surface area contributed by atoms with Crippen molar-refractivity contribution in [1.82, 2.24) is 9.88 Å². The summed E-state index contributed by atoms with van der Waals surface area (Å²) in [5.41, 5.74) is 1.49. The van der Waals surface area contributed by atoms with E-state index in [9.17, 15) is 13.2 Å². The third-order valence-corrected chi connectivity index (χ3v) is 5.61. The third kappa shape index (κ3) is 4.84. The summed E-state index contributed by atoms with van der Waals surface area (Å²) in [7, 11) is -3.20. The molecule has 8 heteroatoms. The van der Waals surface area contributed by atoms with Gasteiger partial charge in [0.2, 0.25) is 0 Å². The highest BCUT2D eigenvalue weighted by molar-refractivity contribution is 7.90. The molecule has 0 aliphatic carbocycles. The molecule has 1 aromatic heterocycles. The quantitative estimate of drug-likeness (QED) is 0.843. The van der Waals surface area contributed by atoms with Crippen molar-refractivity contribution >= 4 is 21.6 Å². The highest BCUT2D eigenvalue weighted by Crippen LogP contribution is 2.20. The predicted molar refractivity (Wildman–Crippen MR) is 103 cm³/mol. The molecule has 1 atom stereocenters. The van der Waals surface area contributed by atoms with Crippen LogP contribution in [0.1, 0.15) is 28.9 Å². The molecule has 1 aliphatic rings. The lowest BCUT2D eigenvalue weighted by Gasteiger charge is -2.26. The lowest BCUT2D eigenvalue weighted by molar-refractivity contribution is 0.0302. The van der Waals surface area contributed by atoms with Gasteiger partial charge < -0.3 is 15.0 Å². The molecule has 1 unspecified atom stereocenters. The molecule has 2 aromatic rings. The molecule has 7 nitrogen and oxygen atoms in total. The first-order chi connectivity index (χ1) is 12.8. The number of carbonyl (C=O) groups is 1. The molecule has 3 rings (SSSR count). The summed E-state index contributed by atoms with van der Waals surface area (Å²) in [6.45, 7) is 4.28. The molecule has 0 spiro atoms. The van der Waals surface area contributed by atoms with Crippen LogP contribution in [0.2, 0.25) is 0 Å². The van der Waals surface area contributed by atoms with E-state index in [1.54, 1.807) is 47.5 Å². The summed E-state index contributed by atoms with van der Waals surface area (Å²) >= 11 is 0. The van der Waals surface area contributed by atoms with Crippen molar-refractivity contribution in [1.29, 1.82) is 0 Å². The molecule has 144 valence electrons. The maximum Gasteiger partial charge on any atom is 0.255 e. The van der Waals surface area contributed by atoms with E-state index in [1.165, 1.54) is 6.26 Å². The van der Waals surface area contributed by atoms with Crippen molar-refractivity contribution in [3.8, 4) is 0 Å². The summed E-state index contributed by atoms with van der Waals surface area (Å²) in [6, 6.07) is 10.2. The summed E-state index contributed by atoms with van der Waals surface area (Å²) in [6.07, 6.45) is 2.76. The number of hydrogen-bond donors (Lipinski definition) is 1. The Morgan fingerprint density at radius 3 is 2.37 bits per heavy atom. The smallest absolute Gasteiger partial charge is 0.255 e. The first-order valence-corrected chi connectivity index (χ1v) is 10.6. The first kappa shape index (κ1) is 19.3. The highest BCUT2D eigenvalue weighted by Gasteiger charge is 2.19. The highest BCUT2D eigenvalue weighted by atomic mass is 32.2. The minimum Gasteiger partial charge on any atom is -0.378 e. The van der Waals surface area contributed by atoms with Gasteiger partial charge in [-0.25, -0.2) is 13.4 Å². The number of benzene rings is 1. The Balaban J connectivity index is 1.64. The lowest BCUT2D eigenvalue weighted by Crippen LogP contribution is -2.40. The van der Waals surface area contributed by atoms with Gasteiger partial charge in [-0.3, -0.25) is 4.79 Å². The zero-order valence-electron chi connectivity index (χ0n) is 15.4. The van der Waals surface area contributed by atoms with Crippen LogP contribution in [0, 0.1) is 0 Å². The molecule has 0 bridgehead atoms. The van der Waals surface area contributed by atoms with Crippen LogP contribution < -0.4 is 5.32 Å². The van der Waals surface area contributed by atoms with Gasteiger partial charge in [0.05, 0.1) is 23.7 Å². The zero-order chi connectivity index (χ0) is 19.4. The fourth-order valence-corrected chi connectivity index (χ4v) is 3.49. The van der Waals surface area contributed by atoms with Gasteiger partial charge in [-0.05, 0) is 36.8 Å². The van der Waals surface area contributed by atoms with Gasteiger partial charge >= 0.3 is 0 Å². The Bertz CT molecular complexity index is 890. The lowest BCUT2D eigenvalue weighted by atomic mass is 10.1. The summed E-state index contributed by atoms with van der Waals surface area (Å²) in [5, 5.41) is 3.26. The van der Waals surface area contributed by atoms with Crippen LogP contribution in [0.3, 0.4) is 0 Å². The molecule has 1 fully saturated rings. The Morgan fingerprint density at radius 1 is 1.15 bits per heavy atom. The number of pyridine rings is 1. The summed E-state index contributed by atoms with van der Waals surface area (Å²) in [5.74, 6) is 0.606. The van der Waals surface area contributed by atoms with E-state index in [-0.39, 0.29) is 11.9 Å². The Morgan fingerprint density at radius 2 is 1.81 bits per heavy atom. The number of sulfone groups is 1. The second kappa shape index (κ2) is 8.06. The van der Waals surface area contributed by atoms with Gasteiger partial charge in [0.25, 0.3) is 5.91 Å². The monoisotopic (exact) mass is 389 g/mol. The van der Waals surface area contributed by atoms with Gasteiger partial charge in [0.1, 0.15) is 5.82 Å². The van der Waals surface area contributed by atoms with E-state index in [1.807, 2.05) is 6.92 Å². The normalized spacial score (nSPS) is 16.0. The number of anilines is 1. The SMILES string of the molecule is CC(Nc1ccc(C(=O)N2CCOCC2)cn1)c1ccc(S(C)(=O)=O)cc1. The van der Waals surface area contributed by atoms with Gasteiger partial charge in [-0.15, -0.1) is 0 Å². The second-order valence-electron chi connectivity index (χ2n) is 6.54. The average molecular weight is 389 g/mol. The third-order valence-electron chi connectivity index (χ3n) is 4.48. The van der Waals surface area contributed by atoms with E-state index in [0.717, 1.165) is 5.56 Å². The van der Waals surface area contributed by atoms with Crippen molar-refractivity contribution in [3.05, 3.63) is 53.7 Å². The number of nitrogens with one attached hydrogen (secondary N) is 1. The molecule has 0 radical (unpaired) electrons. The van der Waals surface area contributed by atoms with Gasteiger partial charge in [0, 0.05) is 31.6 Å². The summed E-state index contributed by atoms with van der Waals surface area (Å²) in [4.78, 5) is 18.8. The van der Waals surface area contributed by atoms with Crippen LogP contribution in [0.4, 0.5) is 5.82 Å². The summed E-state index contributed by atoms with van der Waals surface area (Å²) < 4.78 is 28.3. The number of amides is 1. The maximum absolute atomic E-state index is 12.4. The van der Waals surface area contributed by atoms with E-state index in [4.69, 9.17) is 4.74 Å². The number of carbonyl (C=O) groups excluding carboxylic acids is 1. The molecule has 27 heavy (non-hydrogen) atoms. The average Bonchev–Trinajstić information content (AvgIpc) is 2.68. The van der Waals surface area contributed by atoms with Gasteiger partial charge in [0.15, 0.2) is 9.84 Å². The largest absolute Gasteiger partial charge is 0.378 e. The number of hydrogen-bond acceptors (Lipinski definition) is 6. The van der Waals surface area contributed by atoms with Gasteiger partial charge in [-0.1, -0.05) is 12.1 Å². The predicted octanol–water partition coefficient (Wildman–Crippen LogP) is 2.13. The Kier molecular flexibility index (Phi) is 5.76. The van der Waals surface area contributed by atoms with Crippen LogP contribution in [0.15, 0.2) is 47.5 Å². The molecule has 1 saturated heterocycles. The standard InChI is InChI=1S/C19H23N3O4S/c1-14(15-3-6-17(7-4-15)27(2,24)25)21-18-8-5-16(13-20-18)19(23)22-9-11-26-12-10-22/h3-8,13-14H,9-12H2,1-2H3,(H,20,21). The van der Waals surface area contributed by atoms with Crippen molar-refractivity contribution in [2.45, 2.75) is 17.9 Å². The topological polar surface area (TPSA) is 88.6 Å². The molecule has 1 aliphatic heterocycles. The number of morpholine rings is 1. The number of ether oxygens (including phenoxy) is 1. The van der Waals surface area contributed by atoms with Crippen LogP contribution >= 0.6 is 0 Å². The molecule has 1 N–H and O–H groups in total. The number of aromatic nitrogens is 1. The van der Waals surface area contributed by atoms with Crippen molar-refractivity contribution in [3.63, 3.8) is 0 Å². The van der Waals surface area contributed by atoms with Crippen molar-refractivity contribution in [2.75, 3.05) is 37.9 Å². The van der Waals surface area contributed by atoms with E-state index in [0.29, 0.717) is 42.6 Å². The number of nitrogens with zero attached hydrogens (tertiary/aromatic N) is 2. The Hall–Kier alpha value is -2.45. The zero-order valence-corrected chi connectivity index (χ0v) is 16.2. The van der Waals surface area contributed by atoms with Crippen LogP contribution in [0.5, 0.6) is 0 Å². The van der Waals surface area contributed by atoms with Crippen molar-refractivity contribution in [2.24, 2.45) is 0 Å². The number of rotatable bonds is 5. The van der Waals surface area contributed by atoms with Crippen molar-refractivity contribution < 1.29 is 17.9 Å². The van der Waals surface area contributed by atoms with E-state index in [2.05, 4.69) is 10.3 Å². The molecule has 1 amide bonds. The minimum atomic E-state index is -3.20. The molecule has 2 heterocycles. The van der Waals surface area contributed by atoms with Crippen LogP contribution in [0.25, 0.3) is 0 Å². The molecular weight excluding hydrogens is 366 g/mol. The Labute approximate surface area is 159 Å². The maximum atomic E-state index is 12.4. The van der Waals surface area contributed by atoms with Crippen LogP contribution in [-0.2, 0) is 14.6 Å². The second-order valence-corrected chi connectivity index (χ2v) is 8.56.